The van der Waals surface area contributed by atoms with Crippen LogP contribution in [0.15, 0.2) is 4.99 Å². The molecule has 0 bridgehead atoms. The average molecular weight is 380 g/mol. The van der Waals surface area contributed by atoms with E-state index in [0.717, 1.165) is 38.1 Å². The predicted octanol–water partition coefficient (Wildman–Crippen LogP) is 2.14. The molecule has 2 rings (SSSR count). The molecule has 0 radical (unpaired) electrons. The highest BCUT2D eigenvalue weighted by Gasteiger charge is 2.17. The molecule has 0 aliphatic carbocycles. The van der Waals surface area contributed by atoms with Crippen LogP contribution in [-0.4, -0.2) is 55.0 Å². The number of guanidine groups is 1. The third-order valence-corrected chi connectivity index (χ3v) is 4.12. The first kappa shape index (κ1) is 17.0. The van der Waals surface area contributed by atoms with Gasteiger partial charge in [0.2, 0.25) is 0 Å². The second-order valence-electron chi connectivity index (χ2n) is 5.84. The summed E-state index contributed by atoms with van der Waals surface area (Å²) in [6, 6.07) is 0. The van der Waals surface area contributed by atoms with E-state index in [0.29, 0.717) is 0 Å². The van der Waals surface area contributed by atoms with Crippen LogP contribution in [0.25, 0.3) is 0 Å². The quantitative estimate of drug-likeness (QED) is 0.464. The van der Waals surface area contributed by atoms with Crippen molar-refractivity contribution in [2.24, 2.45) is 16.6 Å². The van der Waals surface area contributed by atoms with E-state index in [2.05, 4.69) is 21.7 Å². The topological polar surface area (TPSA) is 44.9 Å². The van der Waals surface area contributed by atoms with Gasteiger partial charge in [-0.3, -0.25) is 4.99 Å². The zero-order valence-corrected chi connectivity index (χ0v) is 14.5. The smallest absolute Gasteiger partial charge is 0.191 e. The molecule has 0 aromatic heterocycles. The summed E-state index contributed by atoms with van der Waals surface area (Å²) in [6.07, 6.45) is 6.68. The van der Waals surface area contributed by atoms with Gasteiger partial charge in [0, 0.05) is 19.6 Å². The highest BCUT2D eigenvalue weighted by molar-refractivity contribution is 14.0. The first-order valence-corrected chi connectivity index (χ1v) is 7.53. The van der Waals surface area contributed by atoms with Crippen LogP contribution < -0.4 is 5.73 Å². The van der Waals surface area contributed by atoms with E-state index in [1.807, 2.05) is 0 Å². The molecule has 4 nitrogen and oxygen atoms in total. The van der Waals surface area contributed by atoms with E-state index in [4.69, 9.17) is 5.73 Å². The molecule has 2 fully saturated rings. The van der Waals surface area contributed by atoms with Crippen molar-refractivity contribution in [3.63, 3.8) is 0 Å². The maximum atomic E-state index is 6.08. The Morgan fingerprint density at radius 2 is 1.89 bits per heavy atom. The van der Waals surface area contributed by atoms with Gasteiger partial charge in [0.1, 0.15) is 0 Å². The summed E-state index contributed by atoms with van der Waals surface area (Å²) in [5, 5.41) is 0. The Labute approximate surface area is 134 Å². The third kappa shape index (κ3) is 5.85. The van der Waals surface area contributed by atoms with Crippen LogP contribution in [0.2, 0.25) is 0 Å². The Morgan fingerprint density at radius 1 is 1.16 bits per heavy atom. The van der Waals surface area contributed by atoms with Crippen LogP contribution in [0, 0.1) is 5.92 Å². The molecule has 2 aliphatic rings. The summed E-state index contributed by atoms with van der Waals surface area (Å²) in [7, 11) is 0. The SMILES string of the molecule is CC1CCCN(C(N)=NCCN2CCCCC2)C1.I. The Morgan fingerprint density at radius 3 is 2.58 bits per heavy atom. The first-order chi connectivity index (χ1) is 8.75. The van der Waals surface area contributed by atoms with Crippen molar-refractivity contribution in [3.8, 4) is 0 Å². The van der Waals surface area contributed by atoms with E-state index >= 15 is 0 Å². The Kier molecular flexibility index (Phi) is 8.06. The third-order valence-electron chi connectivity index (χ3n) is 4.12. The molecule has 0 amide bonds. The number of likely N-dealkylation sites (tertiary alicyclic amines) is 2. The number of rotatable bonds is 3. The molecule has 2 saturated heterocycles. The Bertz CT molecular complexity index is 277. The van der Waals surface area contributed by atoms with Crippen LogP contribution >= 0.6 is 24.0 Å². The molecular weight excluding hydrogens is 351 g/mol. The molecule has 0 saturated carbocycles. The number of nitrogens with two attached hydrogens (primary N) is 1. The maximum Gasteiger partial charge on any atom is 0.191 e. The number of nitrogens with zero attached hydrogens (tertiary/aromatic N) is 3. The van der Waals surface area contributed by atoms with Gasteiger partial charge in [-0.05, 0) is 44.7 Å². The van der Waals surface area contributed by atoms with Gasteiger partial charge >= 0.3 is 0 Å². The van der Waals surface area contributed by atoms with Crippen molar-refractivity contribution in [1.82, 2.24) is 9.80 Å². The predicted molar refractivity (Wildman–Crippen MR) is 92.2 cm³/mol. The van der Waals surface area contributed by atoms with Crippen LogP contribution in [0.1, 0.15) is 39.0 Å². The van der Waals surface area contributed by atoms with Crippen LogP contribution in [0.3, 0.4) is 0 Å². The zero-order valence-electron chi connectivity index (χ0n) is 12.2. The van der Waals surface area contributed by atoms with Gasteiger partial charge in [-0.1, -0.05) is 13.3 Å². The van der Waals surface area contributed by atoms with Gasteiger partial charge in [-0.25, -0.2) is 0 Å². The van der Waals surface area contributed by atoms with E-state index in [1.165, 1.54) is 45.2 Å². The molecule has 0 aromatic rings. The lowest BCUT2D eigenvalue weighted by atomic mass is 10.0. The average Bonchev–Trinajstić information content (AvgIpc) is 2.40. The fourth-order valence-electron chi connectivity index (χ4n) is 2.99. The number of halogens is 1. The molecule has 2 heterocycles. The number of hydrogen-bond donors (Lipinski definition) is 1. The van der Waals surface area contributed by atoms with Gasteiger partial charge in [-0.15, -0.1) is 24.0 Å². The molecule has 0 aromatic carbocycles. The fraction of sp³-hybridized carbons (Fsp3) is 0.929. The highest BCUT2D eigenvalue weighted by atomic mass is 127. The summed E-state index contributed by atoms with van der Waals surface area (Å²) in [5.41, 5.74) is 6.08. The number of piperidine rings is 2. The summed E-state index contributed by atoms with van der Waals surface area (Å²) in [5.74, 6) is 1.52. The lowest BCUT2D eigenvalue weighted by Gasteiger charge is -2.32. The van der Waals surface area contributed by atoms with Crippen molar-refractivity contribution in [3.05, 3.63) is 0 Å². The van der Waals surface area contributed by atoms with Crippen molar-refractivity contribution < 1.29 is 0 Å². The van der Waals surface area contributed by atoms with Crippen LogP contribution in [0.5, 0.6) is 0 Å². The maximum absolute atomic E-state index is 6.08. The molecule has 5 heteroatoms. The summed E-state index contributed by atoms with van der Waals surface area (Å²) < 4.78 is 0. The van der Waals surface area contributed by atoms with Gasteiger partial charge in [0.15, 0.2) is 5.96 Å². The van der Waals surface area contributed by atoms with Gasteiger partial charge in [0.25, 0.3) is 0 Å². The Balaban J connectivity index is 0.00000180. The van der Waals surface area contributed by atoms with Crippen LogP contribution in [-0.2, 0) is 0 Å². The van der Waals surface area contributed by atoms with Crippen LogP contribution in [0.4, 0.5) is 0 Å². The molecule has 19 heavy (non-hydrogen) atoms. The first-order valence-electron chi connectivity index (χ1n) is 7.53. The minimum atomic E-state index is 0. The van der Waals surface area contributed by atoms with Gasteiger partial charge < -0.3 is 15.5 Å². The molecule has 1 unspecified atom stereocenters. The molecule has 0 spiro atoms. The highest BCUT2D eigenvalue weighted by Crippen LogP contribution is 2.14. The largest absolute Gasteiger partial charge is 0.370 e. The van der Waals surface area contributed by atoms with Gasteiger partial charge in [-0.2, -0.15) is 0 Å². The van der Waals surface area contributed by atoms with E-state index in [9.17, 15) is 0 Å². The standard InChI is InChI=1S/C14H28N4.HI/c1-13-6-5-10-18(12-13)14(15)16-7-11-17-8-3-2-4-9-17;/h13H,2-12H2,1H3,(H2,15,16);1H. The van der Waals surface area contributed by atoms with Crippen molar-refractivity contribution in [1.29, 1.82) is 0 Å². The lowest BCUT2D eigenvalue weighted by Crippen LogP contribution is -2.44. The monoisotopic (exact) mass is 380 g/mol. The van der Waals surface area contributed by atoms with Crippen molar-refractivity contribution in [2.45, 2.75) is 39.0 Å². The summed E-state index contributed by atoms with van der Waals surface area (Å²) >= 11 is 0. The molecule has 2 N–H and O–H groups in total. The molecular formula is C14H29IN4. The second kappa shape index (κ2) is 9.00. The lowest BCUT2D eigenvalue weighted by molar-refractivity contribution is 0.234. The van der Waals surface area contributed by atoms with E-state index in [1.54, 1.807) is 0 Å². The summed E-state index contributed by atoms with van der Waals surface area (Å²) in [4.78, 5) is 9.32. The molecule has 112 valence electrons. The van der Waals surface area contributed by atoms with E-state index < -0.39 is 0 Å². The zero-order chi connectivity index (χ0) is 12.8. The number of hydrogen-bond acceptors (Lipinski definition) is 2. The Hall–Kier alpha value is -0.0400. The number of aliphatic imine (C=N–C) groups is 1. The fourth-order valence-corrected chi connectivity index (χ4v) is 2.99. The minimum Gasteiger partial charge on any atom is -0.370 e. The molecule has 1 atom stereocenters. The minimum absolute atomic E-state index is 0. The normalized spacial score (nSPS) is 26.1. The van der Waals surface area contributed by atoms with Crippen molar-refractivity contribution >= 4 is 29.9 Å². The van der Waals surface area contributed by atoms with Gasteiger partial charge in [0.05, 0.1) is 6.54 Å². The molecule has 2 aliphatic heterocycles. The summed E-state index contributed by atoms with van der Waals surface area (Å²) in [6.45, 7) is 8.89. The van der Waals surface area contributed by atoms with Crippen molar-refractivity contribution in [2.75, 3.05) is 39.3 Å². The second-order valence-corrected chi connectivity index (χ2v) is 5.84. The van der Waals surface area contributed by atoms with E-state index in [-0.39, 0.29) is 24.0 Å².